The summed E-state index contributed by atoms with van der Waals surface area (Å²) < 4.78 is 31.1. The summed E-state index contributed by atoms with van der Waals surface area (Å²) in [5.74, 6) is -1.09. The number of carbonyl (C=O) groups is 1. The maximum atomic E-state index is 12.2. The van der Waals surface area contributed by atoms with Gasteiger partial charge in [-0.05, 0) is 32.1 Å². The van der Waals surface area contributed by atoms with Gasteiger partial charge in [0.2, 0.25) is 10.0 Å². The van der Waals surface area contributed by atoms with Crippen LogP contribution in [0.5, 0.6) is 0 Å². The first-order valence-corrected chi connectivity index (χ1v) is 7.74. The van der Waals surface area contributed by atoms with E-state index in [0.29, 0.717) is 19.8 Å². The molecule has 6 nitrogen and oxygen atoms in total. The first-order chi connectivity index (χ1) is 8.43. The fraction of sp³-hybridized carbons (Fsp3) is 0.909. The smallest absolute Gasteiger partial charge is 0.323 e. The molecule has 0 aromatic heterocycles. The van der Waals surface area contributed by atoms with Gasteiger partial charge in [0.25, 0.3) is 0 Å². The molecule has 1 heterocycles. The van der Waals surface area contributed by atoms with Crippen LogP contribution in [0.15, 0.2) is 0 Å². The SMILES string of the molecule is CC(C(=O)O)S(=O)(=O)N(CC1CCOC1)C1CC1. The zero-order valence-corrected chi connectivity index (χ0v) is 11.2. The van der Waals surface area contributed by atoms with E-state index in [4.69, 9.17) is 9.84 Å². The molecule has 2 fully saturated rings. The summed E-state index contributed by atoms with van der Waals surface area (Å²) in [4.78, 5) is 10.9. The van der Waals surface area contributed by atoms with Crippen molar-refractivity contribution < 1.29 is 23.1 Å². The predicted octanol–water partition coefficient (Wildman–Crippen LogP) is 0.290. The summed E-state index contributed by atoms with van der Waals surface area (Å²) in [6.07, 6.45) is 2.51. The Bertz CT molecular complexity index is 411. The summed E-state index contributed by atoms with van der Waals surface area (Å²) in [6.45, 7) is 2.86. The molecule has 18 heavy (non-hydrogen) atoms. The van der Waals surface area contributed by atoms with Crippen molar-refractivity contribution in [2.24, 2.45) is 5.92 Å². The Morgan fingerprint density at radius 3 is 2.56 bits per heavy atom. The van der Waals surface area contributed by atoms with Crippen molar-refractivity contribution in [3.8, 4) is 0 Å². The predicted molar refractivity (Wildman–Crippen MR) is 64.7 cm³/mol. The molecule has 2 aliphatic rings. The van der Waals surface area contributed by atoms with Gasteiger partial charge >= 0.3 is 5.97 Å². The molecule has 2 atom stereocenters. The maximum Gasteiger partial charge on any atom is 0.323 e. The van der Waals surface area contributed by atoms with Crippen molar-refractivity contribution >= 4 is 16.0 Å². The second-order valence-corrected chi connectivity index (χ2v) is 7.26. The van der Waals surface area contributed by atoms with E-state index in [9.17, 15) is 13.2 Å². The molecule has 1 saturated carbocycles. The molecule has 0 spiro atoms. The normalized spacial score (nSPS) is 26.4. The van der Waals surface area contributed by atoms with Gasteiger partial charge in [-0.25, -0.2) is 8.42 Å². The third-order valence-electron chi connectivity index (χ3n) is 3.54. The number of rotatable bonds is 6. The van der Waals surface area contributed by atoms with Gasteiger partial charge in [-0.1, -0.05) is 0 Å². The van der Waals surface area contributed by atoms with Gasteiger partial charge in [-0.15, -0.1) is 0 Å². The molecule has 0 radical (unpaired) electrons. The van der Waals surface area contributed by atoms with E-state index in [0.717, 1.165) is 19.3 Å². The fourth-order valence-electron chi connectivity index (χ4n) is 2.14. The zero-order valence-electron chi connectivity index (χ0n) is 10.4. The highest BCUT2D eigenvalue weighted by Gasteiger charge is 2.43. The number of carboxylic acids is 1. The summed E-state index contributed by atoms with van der Waals surface area (Å²) in [7, 11) is -3.75. The summed E-state index contributed by atoms with van der Waals surface area (Å²) in [5, 5.41) is 7.52. The van der Waals surface area contributed by atoms with Crippen LogP contribution in [0.25, 0.3) is 0 Å². The lowest BCUT2D eigenvalue weighted by atomic mass is 10.1. The number of nitrogens with zero attached hydrogens (tertiary/aromatic N) is 1. The second kappa shape index (κ2) is 5.14. The number of ether oxygens (including phenoxy) is 1. The molecular weight excluding hydrogens is 258 g/mol. The van der Waals surface area contributed by atoms with Crippen LogP contribution in [0.3, 0.4) is 0 Å². The van der Waals surface area contributed by atoms with Crippen LogP contribution in [0.4, 0.5) is 0 Å². The van der Waals surface area contributed by atoms with Crippen molar-refractivity contribution in [3.63, 3.8) is 0 Å². The Morgan fingerprint density at radius 1 is 1.44 bits per heavy atom. The van der Waals surface area contributed by atoms with Gasteiger partial charge < -0.3 is 9.84 Å². The summed E-state index contributed by atoms with van der Waals surface area (Å²) in [6, 6.07) is -0.00241. The summed E-state index contributed by atoms with van der Waals surface area (Å²) >= 11 is 0. The van der Waals surface area contributed by atoms with E-state index in [-0.39, 0.29) is 12.0 Å². The topological polar surface area (TPSA) is 83.9 Å². The van der Waals surface area contributed by atoms with Gasteiger partial charge in [-0.2, -0.15) is 4.31 Å². The molecule has 0 bridgehead atoms. The molecule has 2 rings (SSSR count). The minimum Gasteiger partial charge on any atom is -0.480 e. The van der Waals surface area contributed by atoms with E-state index < -0.39 is 21.2 Å². The number of carboxylic acid groups (broad SMARTS) is 1. The molecule has 0 amide bonds. The maximum absolute atomic E-state index is 12.2. The molecule has 104 valence electrons. The highest BCUT2D eigenvalue weighted by atomic mass is 32.2. The molecule has 1 saturated heterocycles. The Morgan fingerprint density at radius 2 is 2.11 bits per heavy atom. The van der Waals surface area contributed by atoms with E-state index >= 15 is 0 Å². The first-order valence-electron chi connectivity index (χ1n) is 6.24. The number of hydrogen-bond donors (Lipinski definition) is 1. The van der Waals surface area contributed by atoms with Crippen molar-refractivity contribution in [2.45, 2.75) is 37.5 Å². The highest BCUT2D eigenvalue weighted by Crippen LogP contribution is 2.32. The molecule has 2 unspecified atom stereocenters. The number of hydrogen-bond acceptors (Lipinski definition) is 4. The minimum absolute atomic E-state index is 0.00241. The van der Waals surface area contributed by atoms with Crippen molar-refractivity contribution in [3.05, 3.63) is 0 Å². The third-order valence-corrected chi connectivity index (χ3v) is 5.73. The van der Waals surface area contributed by atoms with Gasteiger partial charge in [0.15, 0.2) is 5.25 Å². The van der Waals surface area contributed by atoms with Crippen LogP contribution in [-0.4, -0.2) is 54.8 Å². The Balaban J connectivity index is 2.11. The minimum atomic E-state index is -3.75. The average Bonchev–Trinajstić information content (AvgIpc) is 3.01. The molecule has 0 aromatic carbocycles. The van der Waals surface area contributed by atoms with Crippen LogP contribution in [0, 0.1) is 5.92 Å². The fourth-order valence-corrected chi connectivity index (χ4v) is 3.84. The van der Waals surface area contributed by atoms with E-state index in [1.807, 2.05) is 0 Å². The summed E-state index contributed by atoms with van der Waals surface area (Å²) in [5.41, 5.74) is 0. The van der Waals surface area contributed by atoms with Crippen molar-refractivity contribution in [1.82, 2.24) is 4.31 Å². The first kappa shape index (κ1) is 13.8. The Hall–Kier alpha value is -0.660. The monoisotopic (exact) mass is 277 g/mol. The number of aliphatic carboxylic acids is 1. The van der Waals surface area contributed by atoms with Crippen LogP contribution in [0.1, 0.15) is 26.2 Å². The van der Waals surface area contributed by atoms with Crippen LogP contribution in [0.2, 0.25) is 0 Å². The van der Waals surface area contributed by atoms with Gasteiger partial charge in [-0.3, -0.25) is 4.79 Å². The third kappa shape index (κ3) is 2.84. The average molecular weight is 277 g/mol. The highest BCUT2D eigenvalue weighted by molar-refractivity contribution is 7.90. The van der Waals surface area contributed by atoms with Crippen molar-refractivity contribution in [1.29, 1.82) is 0 Å². The zero-order chi connectivity index (χ0) is 13.3. The Labute approximate surface area is 107 Å². The van der Waals surface area contributed by atoms with Crippen molar-refractivity contribution in [2.75, 3.05) is 19.8 Å². The molecule has 1 N–H and O–H groups in total. The van der Waals surface area contributed by atoms with Gasteiger partial charge in [0.05, 0.1) is 6.61 Å². The molecule has 1 aliphatic heterocycles. The molecule has 1 aliphatic carbocycles. The lowest BCUT2D eigenvalue weighted by Crippen LogP contribution is -2.44. The standard InChI is InChI=1S/C11H19NO5S/c1-8(11(13)14)18(15,16)12(10-2-3-10)6-9-4-5-17-7-9/h8-10H,2-7H2,1H3,(H,13,14). The second-order valence-electron chi connectivity index (χ2n) is 5.06. The lowest BCUT2D eigenvalue weighted by molar-refractivity contribution is -0.136. The lowest BCUT2D eigenvalue weighted by Gasteiger charge is -2.26. The van der Waals surface area contributed by atoms with Crippen LogP contribution >= 0.6 is 0 Å². The molecule has 7 heteroatoms. The van der Waals surface area contributed by atoms with E-state index in [1.165, 1.54) is 11.2 Å². The number of sulfonamides is 1. The van der Waals surface area contributed by atoms with Gasteiger partial charge in [0.1, 0.15) is 0 Å². The van der Waals surface area contributed by atoms with E-state index in [2.05, 4.69) is 0 Å². The largest absolute Gasteiger partial charge is 0.480 e. The van der Waals surface area contributed by atoms with E-state index in [1.54, 1.807) is 0 Å². The quantitative estimate of drug-likeness (QED) is 0.754. The van der Waals surface area contributed by atoms with Gasteiger partial charge in [0, 0.05) is 19.2 Å². The van der Waals surface area contributed by atoms with Crippen LogP contribution in [-0.2, 0) is 19.6 Å². The van der Waals surface area contributed by atoms with Crippen LogP contribution < -0.4 is 0 Å². The Kier molecular flexibility index (Phi) is 3.93. The molecular formula is C11H19NO5S. The molecule has 0 aromatic rings.